The minimum absolute atomic E-state index is 0.0770. The Morgan fingerprint density at radius 2 is 2.05 bits per heavy atom. The Kier molecular flexibility index (Phi) is 4.39. The summed E-state index contributed by atoms with van der Waals surface area (Å²) in [5.74, 6) is -1.03. The van der Waals surface area contributed by atoms with Gasteiger partial charge in [0.25, 0.3) is 0 Å². The van der Waals surface area contributed by atoms with E-state index in [-0.39, 0.29) is 24.2 Å². The lowest BCUT2D eigenvalue weighted by Gasteiger charge is -2.15. The fourth-order valence-corrected chi connectivity index (χ4v) is 2.40. The molecule has 1 aliphatic heterocycles. The van der Waals surface area contributed by atoms with Crippen LogP contribution in [-0.2, 0) is 14.4 Å². The van der Waals surface area contributed by atoms with E-state index >= 15 is 0 Å². The number of carboxylic acids is 1. The van der Waals surface area contributed by atoms with Gasteiger partial charge in [0.2, 0.25) is 11.8 Å². The first-order valence-corrected chi connectivity index (χ1v) is 6.87. The number of nitrogens with one attached hydrogen (secondary N) is 1. The number of aliphatic carboxylic acids is 1. The Morgan fingerprint density at radius 3 is 2.68 bits per heavy atom. The number of carbonyl (C=O) groups is 3. The third-order valence-corrected chi connectivity index (χ3v) is 3.63. The number of amides is 2. The molecule has 0 aromatic rings. The molecular formula is C13H20N2O4. The molecule has 19 heavy (non-hydrogen) atoms. The number of likely N-dealkylation sites (tertiary alicyclic amines) is 1. The fourth-order valence-electron chi connectivity index (χ4n) is 2.40. The van der Waals surface area contributed by atoms with Crippen LogP contribution in [0.1, 0.15) is 38.5 Å². The molecule has 0 radical (unpaired) electrons. The highest BCUT2D eigenvalue weighted by molar-refractivity contribution is 5.89. The fraction of sp³-hybridized carbons (Fsp3) is 0.769. The van der Waals surface area contributed by atoms with Crippen molar-refractivity contribution in [3.63, 3.8) is 0 Å². The van der Waals surface area contributed by atoms with Gasteiger partial charge in [0, 0.05) is 32.0 Å². The van der Waals surface area contributed by atoms with E-state index in [0.717, 1.165) is 12.8 Å². The first-order chi connectivity index (χ1) is 9.08. The molecule has 2 aliphatic rings. The van der Waals surface area contributed by atoms with Gasteiger partial charge in [-0.2, -0.15) is 0 Å². The van der Waals surface area contributed by atoms with Gasteiger partial charge in [-0.05, 0) is 25.7 Å². The summed E-state index contributed by atoms with van der Waals surface area (Å²) < 4.78 is 0. The van der Waals surface area contributed by atoms with Crippen LogP contribution in [0.5, 0.6) is 0 Å². The van der Waals surface area contributed by atoms with Gasteiger partial charge < -0.3 is 15.3 Å². The number of hydrogen-bond donors (Lipinski definition) is 2. The zero-order valence-electron chi connectivity index (χ0n) is 10.9. The molecule has 1 atom stereocenters. The topological polar surface area (TPSA) is 86.7 Å². The first-order valence-electron chi connectivity index (χ1n) is 6.87. The Morgan fingerprint density at radius 1 is 1.32 bits per heavy atom. The first kappa shape index (κ1) is 13.8. The highest BCUT2D eigenvalue weighted by atomic mass is 16.4. The average molecular weight is 268 g/mol. The smallest absolute Gasteiger partial charge is 0.303 e. The number of hydrogen-bond acceptors (Lipinski definition) is 3. The Labute approximate surface area is 112 Å². The van der Waals surface area contributed by atoms with Gasteiger partial charge in [-0.1, -0.05) is 0 Å². The van der Waals surface area contributed by atoms with Crippen molar-refractivity contribution in [1.29, 1.82) is 0 Å². The van der Waals surface area contributed by atoms with Crippen LogP contribution < -0.4 is 5.32 Å². The normalized spacial score (nSPS) is 22.6. The number of rotatable bonds is 7. The van der Waals surface area contributed by atoms with Crippen molar-refractivity contribution in [2.24, 2.45) is 5.92 Å². The van der Waals surface area contributed by atoms with Crippen LogP contribution in [0.25, 0.3) is 0 Å². The SMILES string of the molecule is O=C(O)CCCCNC(=O)C1CC(=O)N(C2CC2)C1. The minimum atomic E-state index is -0.812. The van der Waals surface area contributed by atoms with Crippen molar-refractivity contribution in [1.82, 2.24) is 10.2 Å². The predicted molar refractivity (Wildman–Crippen MR) is 67.3 cm³/mol. The molecule has 0 spiro atoms. The van der Waals surface area contributed by atoms with E-state index in [0.29, 0.717) is 38.4 Å². The van der Waals surface area contributed by atoms with Gasteiger partial charge in [0.1, 0.15) is 0 Å². The lowest BCUT2D eigenvalue weighted by Crippen LogP contribution is -2.34. The molecule has 2 N–H and O–H groups in total. The second-order valence-electron chi connectivity index (χ2n) is 5.32. The summed E-state index contributed by atoms with van der Waals surface area (Å²) in [5.41, 5.74) is 0. The third kappa shape index (κ3) is 3.94. The van der Waals surface area contributed by atoms with Crippen molar-refractivity contribution in [3.05, 3.63) is 0 Å². The largest absolute Gasteiger partial charge is 0.481 e. The van der Waals surface area contributed by atoms with E-state index in [1.165, 1.54) is 0 Å². The summed E-state index contributed by atoms with van der Waals surface area (Å²) >= 11 is 0. The lowest BCUT2D eigenvalue weighted by atomic mass is 10.1. The monoisotopic (exact) mass is 268 g/mol. The molecule has 6 heteroatoms. The Bertz CT molecular complexity index is 379. The van der Waals surface area contributed by atoms with Crippen LogP contribution in [0, 0.1) is 5.92 Å². The molecule has 1 saturated heterocycles. The van der Waals surface area contributed by atoms with Crippen LogP contribution in [0.3, 0.4) is 0 Å². The number of carbonyl (C=O) groups excluding carboxylic acids is 2. The summed E-state index contributed by atoms with van der Waals surface area (Å²) in [6.45, 7) is 1.03. The molecule has 1 heterocycles. The molecule has 2 rings (SSSR count). The zero-order valence-corrected chi connectivity index (χ0v) is 10.9. The molecule has 0 bridgehead atoms. The van der Waals surface area contributed by atoms with E-state index < -0.39 is 5.97 Å². The van der Waals surface area contributed by atoms with Crippen LogP contribution >= 0.6 is 0 Å². The summed E-state index contributed by atoms with van der Waals surface area (Å²) in [5, 5.41) is 11.3. The molecule has 1 unspecified atom stereocenters. The standard InChI is InChI=1S/C13H20N2O4/c16-11-7-9(8-15(11)10-4-5-10)13(19)14-6-2-1-3-12(17)18/h9-10H,1-8H2,(H,14,19)(H,17,18). The third-order valence-electron chi connectivity index (χ3n) is 3.63. The van der Waals surface area contributed by atoms with Crippen LogP contribution in [0.2, 0.25) is 0 Å². The molecule has 2 fully saturated rings. The highest BCUT2D eigenvalue weighted by Gasteiger charge is 2.41. The van der Waals surface area contributed by atoms with Crippen molar-refractivity contribution in [2.45, 2.75) is 44.6 Å². The van der Waals surface area contributed by atoms with Crippen molar-refractivity contribution in [2.75, 3.05) is 13.1 Å². The van der Waals surface area contributed by atoms with Crippen LogP contribution in [0.4, 0.5) is 0 Å². The van der Waals surface area contributed by atoms with E-state index in [4.69, 9.17) is 5.11 Å². The average Bonchev–Trinajstić information content (AvgIpc) is 3.11. The van der Waals surface area contributed by atoms with E-state index in [9.17, 15) is 14.4 Å². The summed E-state index contributed by atoms with van der Waals surface area (Å²) in [4.78, 5) is 35.7. The van der Waals surface area contributed by atoms with E-state index in [2.05, 4.69) is 5.32 Å². The zero-order chi connectivity index (χ0) is 13.8. The number of unbranched alkanes of at least 4 members (excludes halogenated alkanes) is 1. The quantitative estimate of drug-likeness (QED) is 0.653. The second kappa shape index (κ2) is 6.04. The second-order valence-corrected chi connectivity index (χ2v) is 5.32. The van der Waals surface area contributed by atoms with Crippen molar-refractivity contribution in [3.8, 4) is 0 Å². The highest BCUT2D eigenvalue weighted by Crippen LogP contribution is 2.32. The van der Waals surface area contributed by atoms with Crippen LogP contribution in [0.15, 0.2) is 0 Å². The Balaban J connectivity index is 1.63. The maximum Gasteiger partial charge on any atom is 0.303 e. The lowest BCUT2D eigenvalue weighted by molar-refractivity contribution is -0.137. The minimum Gasteiger partial charge on any atom is -0.481 e. The van der Waals surface area contributed by atoms with Crippen molar-refractivity contribution < 1.29 is 19.5 Å². The summed E-state index contributed by atoms with van der Waals surface area (Å²) in [6.07, 6.45) is 3.80. The summed E-state index contributed by atoms with van der Waals surface area (Å²) in [6, 6.07) is 0.376. The molecular weight excluding hydrogens is 248 g/mol. The van der Waals surface area contributed by atoms with Crippen LogP contribution in [-0.4, -0.2) is 46.9 Å². The molecule has 0 aromatic carbocycles. The van der Waals surface area contributed by atoms with Gasteiger partial charge in [0.05, 0.1) is 5.92 Å². The molecule has 2 amide bonds. The molecule has 106 valence electrons. The predicted octanol–water partition coefficient (Wildman–Crippen LogP) is 0.368. The van der Waals surface area contributed by atoms with Crippen molar-refractivity contribution >= 4 is 17.8 Å². The number of carboxylic acid groups (broad SMARTS) is 1. The molecule has 1 saturated carbocycles. The molecule has 0 aromatic heterocycles. The summed E-state index contributed by atoms with van der Waals surface area (Å²) in [7, 11) is 0. The maximum atomic E-state index is 11.9. The molecule has 6 nitrogen and oxygen atoms in total. The van der Waals surface area contributed by atoms with Gasteiger partial charge in [0.15, 0.2) is 0 Å². The van der Waals surface area contributed by atoms with Gasteiger partial charge in [-0.15, -0.1) is 0 Å². The van der Waals surface area contributed by atoms with Gasteiger partial charge >= 0.3 is 5.97 Å². The Hall–Kier alpha value is -1.59. The van der Waals surface area contributed by atoms with Gasteiger partial charge in [-0.3, -0.25) is 14.4 Å². The van der Waals surface area contributed by atoms with E-state index in [1.807, 2.05) is 4.90 Å². The molecule has 1 aliphatic carbocycles. The maximum absolute atomic E-state index is 11.9. The van der Waals surface area contributed by atoms with Gasteiger partial charge in [-0.25, -0.2) is 0 Å². The van der Waals surface area contributed by atoms with E-state index in [1.54, 1.807) is 0 Å². The number of nitrogens with zero attached hydrogens (tertiary/aromatic N) is 1.